The van der Waals surface area contributed by atoms with E-state index in [0.717, 1.165) is 0 Å². The molecule has 19 heteroatoms. The number of alkyl halides is 3. The van der Waals surface area contributed by atoms with Crippen LogP contribution in [-0.4, -0.2) is 81.8 Å². The van der Waals surface area contributed by atoms with Gasteiger partial charge in [-0.2, -0.15) is 4.39 Å². The minimum atomic E-state index is -3.91. The van der Waals surface area contributed by atoms with Crippen molar-refractivity contribution in [2.45, 2.75) is 96.4 Å². The Hall–Kier alpha value is -2.21. The molecule has 0 amide bonds. The van der Waals surface area contributed by atoms with Crippen LogP contribution in [0.1, 0.15) is 47.8 Å². The molecule has 6 unspecified atom stereocenters. The Balaban J connectivity index is 2.42. The van der Waals surface area contributed by atoms with E-state index in [1.54, 1.807) is 27.7 Å². The van der Waals surface area contributed by atoms with Gasteiger partial charge in [0.05, 0.1) is 25.0 Å². The molecule has 234 valence electrons. The van der Waals surface area contributed by atoms with Gasteiger partial charge >= 0.3 is 17.6 Å². The number of ether oxygens (including phenoxy) is 3. The molecule has 0 spiro atoms. The summed E-state index contributed by atoms with van der Waals surface area (Å²) in [6, 6.07) is -2.41. The number of carbonyl (C=O) groups excluding carboxylic acids is 2. The van der Waals surface area contributed by atoms with Crippen molar-refractivity contribution in [1.82, 2.24) is 19.7 Å². The van der Waals surface area contributed by atoms with Crippen LogP contribution in [0.4, 0.5) is 17.6 Å². The molecule has 0 radical (unpaired) electrons. The number of carbonyl (C=O) groups is 2. The van der Waals surface area contributed by atoms with Crippen molar-refractivity contribution >= 4 is 30.3 Å². The zero-order valence-electron chi connectivity index (χ0n) is 22.9. The van der Waals surface area contributed by atoms with Gasteiger partial charge < -0.3 is 23.8 Å². The lowest BCUT2D eigenvalue weighted by molar-refractivity contribution is -0.191. The number of aromatic nitrogens is 2. The van der Waals surface area contributed by atoms with Crippen molar-refractivity contribution in [1.29, 1.82) is 0 Å². The van der Waals surface area contributed by atoms with Gasteiger partial charge in [0.25, 0.3) is 12.0 Å². The van der Waals surface area contributed by atoms with E-state index in [1.165, 1.54) is 18.8 Å². The van der Waals surface area contributed by atoms with Crippen LogP contribution in [-0.2, 0) is 40.1 Å². The highest BCUT2D eigenvalue weighted by atomic mass is 32.4. The fourth-order valence-corrected chi connectivity index (χ4v) is 6.54. The lowest BCUT2D eigenvalue weighted by atomic mass is 9.97. The summed E-state index contributed by atoms with van der Waals surface area (Å²) in [5.41, 5.74) is -6.02. The Morgan fingerprint density at radius 1 is 1.12 bits per heavy atom. The molecule has 1 fully saturated rings. The first kappa shape index (κ1) is 35.0. The smallest absolute Gasteiger partial charge is 0.330 e. The lowest BCUT2D eigenvalue weighted by Gasteiger charge is -2.35. The number of halogens is 4. The van der Waals surface area contributed by atoms with Gasteiger partial charge in [-0.15, -0.1) is 0 Å². The summed E-state index contributed by atoms with van der Waals surface area (Å²) in [5, 5.41) is 15.7. The van der Waals surface area contributed by atoms with E-state index in [0.29, 0.717) is 0 Å². The summed E-state index contributed by atoms with van der Waals surface area (Å²) < 4.78 is 78.8. The number of hydrogen-bond acceptors (Lipinski definition) is 10. The Bertz CT molecular complexity index is 1230. The zero-order chi connectivity index (χ0) is 31.4. The molecule has 0 aliphatic carbocycles. The number of esters is 2. The average Bonchev–Trinajstić information content (AvgIpc) is 3.10. The first-order chi connectivity index (χ1) is 18.8. The van der Waals surface area contributed by atoms with Crippen LogP contribution in [0, 0.1) is 5.82 Å². The van der Waals surface area contributed by atoms with Crippen molar-refractivity contribution in [2.75, 3.05) is 6.61 Å². The third-order valence-electron chi connectivity index (χ3n) is 5.59. The molecule has 13 nitrogen and oxygen atoms in total. The number of nitrogens with zero attached hydrogens (tertiary/aromatic N) is 1. The van der Waals surface area contributed by atoms with Gasteiger partial charge in [0.2, 0.25) is 5.82 Å². The number of aromatic amines is 1. The largest absolute Gasteiger partial charge is 0.462 e. The van der Waals surface area contributed by atoms with E-state index in [1.807, 2.05) is 0 Å². The third kappa shape index (κ3) is 8.43. The number of aliphatic hydroxyl groups excluding tert-OH is 1. The highest BCUT2D eigenvalue weighted by Crippen LogP contribution is 2.47. The standard InChI is InChI=1S/C22H33F4N4O9PS/c1-9(2)37-18(33)11(5)28-40(41,29-12(6)19(34)38-10(3)4)36-8-22(20(25)26)15(31)14(24)17(39-22)30-7-13(23)16(32)27-21(30)35/h7,9-12,14-15,17,20,31H,8H2,1-6H3,(H,27,32,35)(H2,28,29,41). The first-order valence-electron chi connectivity index (χ1n) is 12.3. The topological polar surface area (TPSA) is 170 Å². The normalized spacial score (nSPS) is 25.8. The summed E-state index contributed by atoms with van der Waals surface area (Å²) in [5.74, 6) is -3.16. The van der Waals surface area contributed by atoms with Crippen molar-refractivity contribution in [2.24, 2.45) is 0 Å². The maximum absolute atomic E-state index is 15.1. The van der Waals surface area contributed by atoms with Crippen molar-refractivity contribution in [3.63, 3.8) is 0 Å². The molecule has 1 aromatic heterocycles. The molecule has 1 aromatic rings. The fourth-order valence-electron chi connectivity index (χ4n) is 3.60. The van der Waals surface area contributed by atoms with Gasteiger partial charge in [0.1, 0.15) is 18.2 Å². The molecule has 1 aliphatic heterocycles. The molecule has 0 aromatic carbocycles. The molecular formula is C22H33F4N4O9PS. The summed E-state index contributed by atoms with van der Waals surface area (Å²) in [4.78, 5) is 49.8. The van der Waals surface area contributed by atoms with E-state index >= 15 is 4.39 Å². The van der Waals surface area contributed by atoms with E-state index in [2.05, 4.69) is 10.2 Å². The number of hydrogen-bond donors (Lipinski definition) is 4. The van der Waals surface area contributed by atoms with Crippen molar-refractivity contribution in [3.05, 3.63) is 32.9 Å². The first-order valence-corrected chi connectivity index (χ1v) is 15.1. The number of aliphatic hydroxyl groups is 1. The highest BCUT2D eigenvalue weighted by molar-refractivity contribution is 8.10. The van der Waals surface area contributed by atoms with Crippen molar-refractivity contribution in [3.8, 4) is 0 Å². The van der Waals surface area contributed by atoms with Gasteiger partial charge in [0.15, 0.2) is 24.6 Å². The molecule has 6 atom stereocenters. The van der Waals surface area contributed by atoms with E-state index in [-0.39, 0.29) is 10.8 Å². The quantitative estimate of drug-likeness (QED) is 0.138. The Morgan fingerprint density at radius 2 is 1.61 bits per heavy atom. The molecule has 0 saturated carbocycles. The Labute approximate surface area is 237 Å². The summed E-state index contributed by atoms with van der Waals surface area (Å²) in [6.45, 7) is 3.70. The van der Waals surface area contributed by atoms with Crippen LogP contribution in [0.15, 0.2) is 15.8 Å². The lowest BCUT2D eigenvalue weighted by Crippen LogP contribution is -2.53. The van der Waals surface area contributed by atoms with E-state index in [4.69, 9.17) is 30.5 Å². The van der Waals surface area contributed by atoms with Crippen LogP contribution in [0.3, 0.4) is 0 Å². The van der Waals surface area contributed by atoms with Crippen LogP contribution < -0.4 is 21.4 Å². The van der Waals surface area contributed by atoms with Gasteiger partial charge in [0, 0.05) is 0 Å². The number of H-pyrrole nitrogens is 1. The molecule has 1 aliphatic rings. The zero-order valence-corrected chi connectivity index (χ0v) is 24.6. The van der Waals surface area contributed by atoms with E-state index < -0.39 is 97.0 Å². The van der Waals surface area contributed by atoms with Crippen LogP contribution in [0.5, 0.6) is 0 Å². The monoisotopic (exact) mass is 636 g/mol. The molecular weight excluding hydrogens is 603 g/mol. The molecule has 41 heavy (non-hydrogen) atoms. The third-order valence-corrected chi connectivity index (χ3v) is 8.49. The summed E-state index contributed by atoms with van der Waals surface area (Å²) in [7, 11) is 0. The second-order valence-corrected chi connectivity index (χ2v) is 13.2. The molecule has 2 rings (SSSR count). The molecule has 4 N–H and O–H groups in total. The van der Waals surface area contributed by atoms with Crippen LogP contribution >= 0.6 is 6.57 Å². The maximum atomic E-state index is 15.1. The second-order valence-electron chi connectivity index (χ2n) is 9.79. The summed E-state index contributed by atoms with van der Waals surface area (Å²) in [6.07, 6.45) is -12.2. The van der Waals surface area contributed by atoms with Gasteiger partial charge in [-0.05, 0) is 53.3 Å². The summed E-state index contributed by atoms with van der Waals surface area (Å²) >= 11 is 5.46. The Morgan fingerprint density at radius 3 is 2.05 bits per heavy atom. The van der Waals surface area contributed by atoms with Gasteiger partial charge in [-0.3, -0.25) is 23.9 Å². The SMILES string of the molecule is CC(C)OC(=O)C(C)NP(=S)(NC(C)C(=O)OC(C)C)OCC1(C(F)F)OC(n2cc(F)c(=O)[nH]c2=O)C(F)C1O. The molecule has 2 heterocycles. The molecule has 0 bridgehead atoms. The van der Waals surface area contributed by atoms with E-state index in [9.17, 15) is 37.5 Å². The van der Waals surface area contributed by atoms with Gasteiger partial charge in [-0.25, -0.2) is 28.1 Å². The number of rotatable bonds is 13. The second kappa shape index (κ2) is 13.8. The predicted molar refractivity (Wildman–Crippen MR) is 139 cm³/mol. The molecule has 1 saturated heterocycles. The average molecular weight is 637 g/mol. The fraction of sp³-hybridized carbons (Fsp3) is 0.727. The number of nitrogens with one attached hydrogen (secondary N) is 3. The van der Waals surface area contributed by atoms with Gasteiger partial charge in [-0.1, -0.05) is 0 Å². The van der Waals surface area contributed by atoms with Crippen LogP contribution in [0.2, 0.25) is 0 Å². The van der Waals surface area contributed by atoms with Crippen LogP contribution in [0.25, 0.3) is 0 Å². The maximum Gasteiger partial charge on any atom is 0.330 e. The minimum absolute atomic E-state index is 0.162. The predicted octanol–water partition coefficient (Wildman–Crippen LogP) is 1.01. The minimum Gasteiger partial charge on any atom is -0.462 e. The Kier molecular flexibility index (Phi) is 11.8. The highest BCUT2D eigenvalue weighted by Gasteiger charge is 2.62. The van der Waals surface area contributed by atoms with Crippen molar-refractivity contribution < 1.29 is 51.0 Å².